The van der Waals surface area contributed by atoms with Crippen molar-refractivity contribution in [2.24, 2.45) is 0 Å². The van der Waals surface area contributed by atoms with Crippen molar-refractivity contribution in [2.45, 2.75) is 13.8 Å². The van der Waals surface area contributed by atoms with Crippen LogP contribution >= 0.6 is 11.6 Å². The molecule has 0 saturated carbocycles. The zero-order valence-electron chi connectivity index (χ0n) is 11.2. The van der Waals surface area contributed by atoms with Gasteiger partial charge in [0.15, 0.2) is 5.82 Å². The van der Waals surface area contributed by atoms with Crippen LogP contribution in [-0.2, 0) is 9.53 Å². The van der Waals surface area contributed by atoms with Gasteiger partial charge >= 0.3 is 0 Å². The number of carbonyl (C=O) groups is 1. The maximum absolute atomic E-state index is 11.7. The van der Waals surface area contributed by atoms with Crippen molar-refractivity contribution in [1.29, 1.82) is 0 Å². The lowest BCUT2D eigenvalue weighted by molar-refractivity contribution is -0.116. The van der Waals surface area contributed by atoms with Crippen LogP contribution < -0.4 is 9.80 Å². The number of ether oxygens (including phenoxy) is 1. The molecule has 2 heterocycles. The minimum Gasteiger partial charge on any atom is -0.378 e. The molecule has 1 fully saturated rings. The van der Waals surface area contributed by atoms with Crippen LogP contribution in [0.3, 0.4) is 0 Å². The average Bonchev–Trinajstić information content (AvgIpc) is 2.42. The van der Waals surface area contributed by atoms with Gasteiger partial charge in [0.25, 0.3) is 0 Å². The molecule has 0 bridgehead atoms. The molecule has 1 aliphatic rings. The number of morpholine rings is 1. The number of rotatable bonds is 3. The molecule has 6 heteroatoms. The Bertz CT molecular complexity index is 461. The Morgan fingerprint density at radius 1 is 1.53 bits per heavy atom. The van der Waals surface area contributed by atoms with E-state index in [4.69, 9.17) is 16.3 Å². The van der Waals surface area contributed by atoms with Crippen LogP contribution in [0.2, 0.25) is 5.02 Å². The summed E-state index contributed by atoms with van der Waals surface area (Å²) < 4.78 is 5.35. The molecule has 0 radical (unpaired) electrons. The molecule has 19 heavy (non-hydrogen) atoms. The molecule has 1 aromatic rings. The van der Waals surface area contributed by atoms with Crippen molar-refractivity contribution >= 4 is 29.0 Å². The molecule has 0 atom stereocenters. The first-order chi connectivity index (χ1) is 9.13. The number of pyridine rings is 1. The first-order valence-corrected chi connectivity index (χ1v) is 6.77. The summed E-state index contributed by atoms with van der Waals surface area (Å²) in [6.45, 7) is 6.98. The van der Waals surface area contributed by atoms with Crippen LogP contribution in [0.25, 0.3) is 0 Å². The Hall–Kier alpha value is -1.33. The van der Waals surface area contributed by atoms with Crippen LogP contribution in [-0.4, -0.2) is 43.7 Å². The maximum atomic E-state index is 11.7. The van der Waals surface area contributed by atoms with Crippen LogP contribution in [0.1, 0.15) is 13.8 Å². The summed E-state index contributed by atoms with van der Waals surface area (Å²) in [5.74, 6) is 0.646. The SMILES string of the molecule is CCN(C(C)=O)c1ncc(Cl)cc1N1CCOCC1. The van der Waals surface area contributed by atoms with Gasteiger partial charge in [-0.25, -0.2) is 4.98 Å². The van der Waals surface area contributed by atoms with E-state index >= 15 is 0 Å². The second-order valence-corrected chi connectivity index (χ2v) is 4.80. The normalized spacial score (nSPS) is 15.4. The number of nitrogens with zero attached hydrogens (tertiary/aromatic N) is 3. The average molecular weight is 284 g/mol. The predicted octanol–water partition coefficient (Wildman–Crippen LogP) is 1.94. The molecule has 0 unspecified atom stereocenters. The van der Waals surface area contributed by atoms with Gasteiger partial charge in [-0.2, -0.15) is 0 Å². The van der Waals surface area contributed by atoms with Crippen LogP contribution in [0.15, 0.2) is 12.3 Å². The van der Waals surface area contributed by atoms with Crippen molar-refractivity contribution in [1.82, 2.24) is 4.98 Å². The highest BCUT2D eigenvalue weighted by atomic mass is 35.5. The number of hydrogen-bond acceptors (Lipinski definition) is 4. The molecule has 0 aromatic carbocycles. The Morgan fingerprint density at radius 2 is 2.21 bits per heavy atom. The third-order valence-corrected chi connectivity index (χ3v) is 3.32. The molecule has 1 aromatic heterocycles. The molecule has 1 saturated heterocycles. The summed E-state index contributed by atoms with van der Waals surface area (Å²) >= 11 is 6.04. The van der Waals surface area contributed by atoms with E-state index in [1.54, 1.807) is 18.0 Å². The quantitative estimate of drug-likeness (QED) is 0.850. The van der Waals surface area contributed by atoms with E-state index < -0.39 is 0 Å². The van der Waals surface area contributed by atoms with Gasteiger partial charge in [-0.3, -0.25) is 9.69 Å². The Labute approximate surface area is 118 Å². The zero-order valence-corrected chi connectivity index (χ0v) is 12.0. The number of carbonyl (C=O) groups excluding carboxylic acids is 1. The summed E-state index contributed by atoms with van der Waals surface area (Å²) in [7, 11) is 0. The van der Waals surface area contributed by atoms with E-state index in [-0.39, 0.29) is 5.91 Å². The lowest BCUT2D eigenvalue weighted by Crippen LogP contribution is -2.38. The van der Waals surface area contributed by atoms with E-state index in [2.05, 4.69) is 9.88 Å². The van der Waals surface area contributed by atoms with E-state index in [9.17, 15) is 4.79 Å². The van der Waals surface area contributed by atoms with Crippen molar-refractivity contribution in [3.05, 3.63) is 17.3 Å². The number of aromatic nitrogens is 1. The van der Waals surface area contributed by atoms with E-state index in [0.717, 1.165) is 18.8 Å². The van der Waals surface area contributed by atoms with Gasteiger partial charge in [-0.15, -0.1) is 0 Å². The molecule has 0 N–H and O–H groups in total. The second-order valence-electron chi connectivity index (χ2n) is 4.36. The van der Waals surface area contributed by atoms with Gasteiger partial charge in [-0.1, -0.05) is 11.6 Å². The molecular weight excluding hydrogens is 266 g/mol. The van der Waals surface area contributed by atoms with Crippen molar-refractivity contribution in [3.63, 3.8) is 0 Å². The minimum absolute atomic E-state index is 0.0215. The van der Waals surface area contributed by atoms with Gasteiger partial charge in [0.2, 0.25) is 5.91 Å². The fourth-order valence-corrected chi connectivity index (χ4v) is 2.34. The highest BCUT2D eigenvalue weighted by molar-refractivity contribution is 6.30. The molecule has 0 spiro atoms. The Kier molecular flexibility index (Phi) is 4.61. The summed E-state index contributed by atoms with van der Waals surface area (Å²) in [4.78, 5) is 19.9. The Morgan fingerprint density at radius 3 is 2.79 bits per heavy atom. The first kappa shape index (κ1) is 14.1. The van der Waals surface area contributed by atoms with Crippen molar-refractivity contribution in [3.8, 4) is 0 Å². The van der Waals surface area contributed by atoms with Crippen LogP contribution in [0.4, 0.5) is 11.5 Å². The summed E-state index contributed by atoms with van der Waals surface area (Å²) in [6, 6.07) is 1.86. The fourth-order valence-electron chi connectivity index (χ4n) is 2.19. The van der Waals surface area contributed by atoms with Gasteiger partial charge in [0, 0.05) is 32.8 Å². The predicted molar refractivity (Wildman–Crippen MR) is 76.0 cm³/mol. The summed E-state index contributed by atoms with van der Waals surface area (Å²) in [5.41, 5.74) is 0.896. The van der Waals surface area contributed by atoms with E-state index in [0.29, 0.717) is 30.6 Å². The lowest BCUT2D eigenvalue weighted by Gasteiger charge is -2.32. The third-order valence-electron chi connectivity index (χ3n) is 3.12. The van der Waals surface area contributed by atoms with Crippen LogP contribution in [0.5, 0.6) is 0 Å². The molecular formula is C13H18ClN3O2. The lowest BCUT2D eigenvalue weighted by atomic mass is 10.3. The third kappa shape index (κ3) is 3.16. The van der Waals surface area contributed by atoms with Crippen molar-refractivity contribution in [2.75, 3.05) is 42.6 Å². The number of anilines is 2. The molecule has 1 amide bonds. The monoisotopic (exact) mass is 283 g/mol. The highest BCUT2D eigenvalue weighted by Crippen LogP contribution is 2.30. The Balaban J connectivity index is 2.39. The van der Waals surface area contributed by atoms with Gasteiger partial charge < -0.3 is 9.64 Å². The fraction of sp³-hybridized carbons (Fsp3) is 0.538. The molecule has 1 aliphatic heterocycles. The van der Waals surface area contributed by atoms with Crippen LogP contribution in [0, 0.1) is 0 Å². The topological polar surface area (TPSA) is 45.7 Å². The smallest absolute Gasteiger partial charge is 0.225 e. The molecule has 2 rings (SSSR count). The van der Waals surface area contributed by atoms with Crippen molar-refractivity contribution < 1.29 is 9.53 Å². The standard InChI is InChI=1S/C13H18ClN3O2/c1-3-17(10(2)18)13-12(8-11(14)9-15-13)16-4-6-19-7-5-16/h8-9H,3-7H2,1-2H3. The molecule has 5 nitrogen and oxygen atoms in total. The molecule has 0 aliphatic carbocycles. The molecule has 104 valence electrons. The second kappa shape index (κ2) is 6.21. The van der Waals surface area contributed by atoms with E-state index in [1.807, 2.05) is 13.0 Å². The van der Waals surface area contributed by atoms with E-state index in [1.165, 1.54) is 0 Å². The maximum Gasteiger partial charge on any atom is 0.225 e. The number of amides is 1. The zero-order chi connectivity index (χ0) is 13.8. The number of hydrogen-bond donors (Lipinski definition) is 0. The number of halogens is 1. The van der Waals surface area contributed by atoms with Gasteiger partial charge in [0.05, 0.1) is 23.9 Å². The highest BCUT2D eigenvalue weighted by Gasteiger charge is 2.21. The largest absolute Gasteiger partial charge is 0.378 e. The van der Waals surface area contributed by atoms with Gasteiger partial charge in [0.1, 0.15) is 0 Å². The first-order valence-electron chi connectivity index (χ1n) is 6.39. The summed E-state index contributed by atoms with van der Waals surface area (Å²) in [5, 5.41) is 0.574. The minimum atomic E-state index is -0.0215. The summed E-state index contributed by atoms with van der Waals surface area (Å²) in [6.07, 6.45) is 1.58. The van der Waals surface area contributed by atoms with Gasteiger partial charge in [-0.05, 0) is 13.0 Å².